The van der Waals surface area contributed by atoms with Gasteiger partial charge in [0.2, 0.25) is 5.91 Å². The third kappa shape index (κ3) is 7.82. The van der Waals surface area contributed by atoms with Gasteiger partial charge in [0, 0.05) is 11.4 Å². The van der Waals surface area contributed by atoms with Crippen molar-refractivity contribution in [3.63, 3.8) is 0 Å². The van der Waals surface area contributed by atoms with Crippen molar-refractivity contribution in [3.8, 4) is 11.5 Å². The van der Waals surface area contributed by atoms with E-state index >= 15 is 0 Å². The number of nitrogens with one attached hydrogen (secondary N) is 1. The highest BCUT2D eigenvalue weighted by Crippen LogP contribution is 2.28. The summed E-state index contributed by atoms with van der Waals surface area (Å²) in [7, 11) is 0. The Morgan fingerprint density at radius 3 is 2.32 bits per heavy atom. The number of carbonyl (C=O) groups excluding carboxylic acids is 1. The number of hydrogen-bond donors (Lipinski definition) is 1. The summed E-state index contributed by atoms with van der Waals surface area (Å²) in [6, 6.07) is 22.8. The largest absolute Gasteiger partial charge is 0.492 e. The van der Waals surface area contributed by atoms with Crippen molar-refractivity contribution in [1.29, 1.82) is 0 Å². The fraction of sp³-hybridized carbons (Fsp3) is 0.240. The first-order chi connectivity index (χ1) is 15.1. The number of hydrogen-bond acceptors (Lipinski definition) is 3. The molecule has 0 radical (unpaired) electrons. The molecule has 3 rings (SSSR count). The molecule has 0 bridgehead atoms. The number of benzene rings is 3. The van der Waals surface area contributed by atoms with Gasteiger partial charge in [0.25, 0.3) is 0 Å². The molecule has 0 saturated carbocycles. The van der Waals surface area contributed by atoms with Gasteiger partial charge >= 0.3 is 0 Å². The minimum atomic E-state index is -0.0915. The summed E-state index contributed by atoms with van der Waals surface area (Å²) in [4.78, 5) is 12.3. The number of rotatable bonds is 11. The van der Waals surface area contributed by atoms with Crippen molar-refractivity contribution in [1.82, 2.24) is 0 Å². The molecule has 0 spiro atoms. The standard InChI is InChI=1S/C25H25Cl2NO3/c26-20-14-15-23(21(27)18-20)30-17-7-13-25(29)28-22-11-4-5-12-24(22)31-16-6-10-19-8-2-1-3-9-19/h1-5,8-9,11-12,14-15,18H,6-7,10,13,16-17H2,(H,28,29). The average Bonchev–Trinajstić information content (AvgIpc) is 2.77. The van der Waals surface area contributed by atoms with Crippen LogP contribution in [0.25, 0.3) is 0 Å². The van der Waals surface area contributed by atoms with E-state index in [0.29, 0.717) is 53.3 Å². The summed E-state index contributed by atoms with van der Waals surface area (Å²) in [6.45, 7) is 0.962. The summed E-state index contributed by atoms with van der Waals surface area (Å²) in [5, 5.41) is 3.93. The topological polar surface area (TPSA) is 47.6 Å². The molecule has 0 unspecified atom stereocenters. The van der Waals surface area contributed by atoms with Gasteiger partial charge in [-0.1, -0.05) is 65.7 Å². The first kappa shape index (κ1) is 23.0. The van der Waals surface area contributed by atoms with E-state index in [-0.39, 0.29) is 5.91 Å². The van der Waals surface area contributed by atoms with Gasteiger partial charge in [0.15, 0.2) is 0 Å². The Labute approximate surface area is 193 Å². The van der Waals surface area contributed by atoms with Gasteiger partial charge in [-0.25, -0.2) is 0 Å². The molecule has 0 aliphatic carbocycles. The van der Waals surface area contributed by atoms with Crippen molar-refractivity contribution in [3.05, 3.63) is 88.4 Å². The zero-order valence-corrected chi connectivity index (χ0v) is 18.7. The van der Waals surface area contributed by atoms with Crippen LogP contribution >= 0.6 is 23.2 Å². The number of ether oxygens (including phenoxy) is 2. The van der Waals surface area contributed by atoms with Crippen LogP contribution in [0.3, 0.4) is 0 Å². The molecule has 3 aromatic carbocycles. The lowest BCUT2D eigenvalue weighted by Crippen LogP contribution is -2.14. The smallest absolute Gasteiger partial charge is 0.224 e. The minimum Gasteiger partial charge on any atom is -0.492 e. The van der Waals surface area contributed by atoms with E-state index in [4.69, 9.17) is 32.7 Å². The number of amides is 1. The van der Waals surface area contributed by atoms with Gasteiger partial charge in [-0.15, -0.1) is 0 Å². The van der Waals surface area contributed by atoms with E-state index in [2.05, 4.69) is 17.4 Å². The summed E-state index contributed by atoms with van der Waals surface area (Å²) < 4.78 is 11.5. The van der Waals surface area contributed by atoms with E-state index in [1.165, 1.54) is 5.56 Å². The maximum absolute atomic E-state index is 12.3. The second-order valence-corrected chi connectivity index (χ2v) is 7.85. The highest BCUT2D eigenvalue weighted by Gasteiger charge is 2.08. The first-order valence-electron chi connectivity index (χ1n) is 10.3. The molecule has 31 heavy (non-hydrogen) atoms. The van der Waals surface area contributed by atoms with Gasteiger partial charge < -0.3 is 14.8 Å². The van der Waals surface area contributed by atoms with Crippen LogP contribution in [0.5, 0.6) is 11.5 Å². The van der Waals surface area contributed by atoms with Gasteiger partial charge in [-0.05, 0) is 55.2 Å². The SMILES string of the molecule is O=C(CCCOc1ccc(Cl)cc1Cl)Nc1ccccc1OCCCc1ccccc1. The average molecular weight is 458 g/mol. The third-order valence-corrected chi connectivity index (χ3v) is 5.10. The van der Waals surface area contributed by atoms with Crippen molar-refractivity contribution < 1.29 is 14.3 Å². The van der Waals surface area contributed by atoms with Crippen LogP contribution in [0.1, 0.15) is 24.8 Å². The van der Waals surface area contributed by atoms with Crippen molar-refractivity contribution >= 4 is 34.8 Å². The molecular formula is C25H25Cl2NO3. The molecule has 0 aliphatic rings. The van der Waals surface area contributed by atoms with E-state index < -0.39 is 0 Å². The van der Waals surface area contributed by atoms with E-state index in [9.17, 15) is 4.79 Å². The molecule has 1 amide bonds. The predicted octanol–water partition coefficient (Wildman–Crippen LogP) is 6.80. The fourth-order valence-corrected chi connectivity index (χ4v) is 3.48. The zero-order valence-electron chi connectivity index (χ0n) is 17.2. The van der Waals surface area contributed by atoms with Crippen LogP contribution in [0.4, 0.5) is 5.69 Å². The van der Waals surface area contributed by atoms with Gasteiger partial charge in [0.05, 0.1) is 23.9 Å². The maximum Gasteiger partial charge on any atom is 0.224 e. The number of aryl methyl sites for hydroxylation is 1. The Balaban J connectivity index is 1.40. The Kier molecular flexibility index (Phi) is 9.07. The molecule has 0 heterocycles. The Morgan fingerprint density at radius 1 is 0.806 bits per heavy atom. The highest BCUT2D eigenvalue weighted by atomic mass is 35.5. The van der Waals surface area contributed by atoms with Gasteiger partial charge in [-0.3, -0.25) is 4.79 Å². The lowest BCUT2D eigenvalue weighted by molar-refractivity contribution is -0.116. The van der Waals surface area contributed by atoms with E-state index in [1.807, 2.05) is 42.5 Å². The Hall–Kier alpha value is -2.69. The van der Waals surface area contributed by atoms with Crippen LogP contribution in [-0.2, 0) is 11.2 Å². The minimum absolute atomic E-state index is 0.0915. The highest BCUT2D eigenvalue weighted by molar-refractivity contribution is 6.35. The van der Waals surface area contributed by atoms with E-state index in [0.717, 1.165) is 12.8 Å². The van der Waals surface area contributed by atoms with Crippen LogP contribution in [0.2, 0.25) is 10.0 Å². The van der Waals surface area contributed by atoms with Gasteiger partial charge in [-0.2, -0.15) is 0 Å². The normalized spacial score (nSPS) is 10.5. The lowest BCUT2D eigenvalue weighted by atomic mass is 10.1. The summed E-state index contributed by atoms with van der Waals surface area (Å²) in [5.41, 5.74) is 1.96. The van der Waals surface area contributed by atoms with Crippen molar-refractivity contribution in [2.24, 2.45) is 0 Å². The fourth-order valence-electron chi connectivity index (χ4n) is 3.02. The van der Waals surface area contributed by atoms with Crippen LogP contribution < -0.4 is 14.8 Å². The van der Waals surface area contributed by atoms with Crippen LogP contribution in [-0.4, -0.2) is 19.1 Å². The molecule has 0 saturated heterocycles. The number of para-hydroxylation sites is 2. The molecule has 6 heteroatoms. The number of anilines is 1. The zero-order chi connectivity index (χ0) is 21.9. The molecular weight excluding hydrogens is 433 g/mol. The van der Waals surface area contributed by atoms with E-state index in [1.54, 1.807) is 18.2 Å². The second kappa shape index (κ2) is 12.2. The molecule has 4 nitrogen and oxygen atoms in total. The lowest BCUT2D eigenvalue weighted by Gasteiger charge is -2.13. The van der Waals surface area contributed by atoms with Gasteiger partial charge in [0.1, 0.15) is 11.5 Å². The Bertz CT molecular complexity index is 980. The number of halogens is 2. The molecule has 1 N–H and O–H groups in total. The molecule has 0 fully saturated rings. The molecule has 162 valence electrons. The summed E-state index contributed by atoms with van der Waals surface area (Å²) in [6.07, 6.45) is 2.74. The molecule has 3 aromatic rings. The summed E-state index contributed by atoms with van der Waals surface area (Å²) >= 11 is 12.0. The number of carbonyl (C=O) groups is 1. The third-order valence-electron chi connectivity index (χ3n) is 4.57. The first-order valence-corrected chi connectivity index (χ1v) is 11.0. The van der Waals surface area contributed by atoms with Crippen molar-refractivity contribution in [2.45, 2.75) is 25.7 Å². The monoisotopic (exact) mass is 457 g/mol. The molecule has 0 aromatic heterocycles. The van der Waals surface area contributed by atoms with Crippen LogP contribution in [0, 0.1) is 0 Å². The van der Waals surface area contributed by atoms with Crippen molar-refractivity contribution in [2.75, 3.05) is 18.5 Å². The predicted molar refractivity (Wildman–Crippen MR) is 127 cm³/mol. The Morgan fingerprint density at radius 2 is 1.52 bits per heavy atom. The quantitative estimate of drug-likeness (QED) is 0.322. The molecule has 0 aliphatic heterocycles. The second-order valence-electron chi connectivity index (χ2n) is 7.01. The summed E-state index contributed by atoms with van der Waals surface area (Å²) in [5.74, 6) is 1.14. The maximum atomic E-state index is 12.3. The van der Waals surface area contributed by atoms with Crippen LogP contribution in [0.15, 0.2) is 72.8 Å². The molecule has 0 atom stereocenters.